The summed E-state index contributed by atoms with van der Waals surface area (Å²) in [5, 5.41) is 9.41. The molecule has 1 aromatic carbocycles. The topological polar surface area (TPSA) is 54.4 Å². The molecule has 0 amide bonds. The van der Waals surface area contributed by atoms with E-state index in [0.717, 1.165) is 12.0 Å². The summed E-state index contributed by atoms with van der Waals surface area (Å²) in [6.07, 6.45) is 1.39. The van der Waals surface area contributed by atoms with Crippen LogP contribution in [0.1, 0.15) is 12.0 Å². The van der Waals surface area contributed by atoms with Crippen molar-refractivity contribution >= 4 is 9.84 Å². The first-order valence-electron chi connectivity index (χ1n) is 4.15. The zero-order valence-corrected chi connectivity index (χ0v) is 7.84. The Labute approximate surface area is 76.9 Å². The molecule has 0 saturated carbocycles. The number of phenolic OH excluding ortho intramolecular Hbond substituents is 1. The zero-order valence-electron chi connectivity index (χ0n) is 7.03. The van der Waals surface area contributed by atoms with Crippen LogP contribution < -0.4 is 0 Å². The fraction of sp³-hybridized carbons (Fsp3) is 0.333. The van der Waals surface area contributed by atoms with Gasteiger partial charge in [-0.15, -0.1) is 0 Å². The number of sulfone groups is 1. The van der Waals surface area contributed by atoms with Crippen LogP contribution in [-0.2, 0) is 16.3 Å². The molecule has 0 radical (unpaired) electrons. The van der Waals surface area contributed by atoms with Crippen LogP contribution in [0, 0.1) is 0 Å². The summed E-state index contributed by atoms with van der Waals surface area (Å²) in [4.78, 5) is 0.140. The molecule has 0 bridgehead atoms. The van der Waals surface area contributed by atoms with Crippen molar-refractivity contribution in [3.63, 3.8) is 0 Å². The SMILES string of the molecule is O=S1(=O)CCCc2cccc(O)c21. The minimum atomic E-state index is -3.22. The molecule has 0 aromatic heterocycles. The van der Waals surface area contributed by atoms with E-state index >= 15 is 0 Å². The Balaban J connectivity index is 2.75. The minimum Gasteiger partial charge on any atom is -0.507 e. The van der Waals surface area contributed by atoms with Crippen molar-refractivity contribution < 1.29 is 13.5 Å². The van der Waals surface area contributed by atoms with E-state index in [9.17, 15) is 13.5 Å². The molecule has 0 atom stereocenters. The van der Waals surface area contributed by atoms with Gasteiger partial charge in [0.15, 0.2) is 9.84 Å². The predicted octanol–water partition coefficient (Wildman–Crippen LogP) is 1.11. The standard InChI is InChI=1S/C9H10O3S/c10-8-5-1-3-7-4-2-6-13(11,12)9(7)8/h1,3,5,10H,2,4,6H2. The normalized spacial score (nSPS) is 19.4. The molecule has 1 aliphatic heterocycles. The molecule has 1 aliphatic rings. The second-order valence-corrected chi connectivity index (χ2v) is 5.23. The Morgan fingerprint density at radius 3 is 2.77 bits per heavy atom. The summed E-state index contributed by atoms with van der Waals surface area (Å²) < 4.78 is 23.1. The van der Waals surface area contributed by atoms with Gasteiger partial charge >= 0.3 is 0 Å². The van der Waals surface area contributed by atoms with E-state index in [4.69, 9.17) is 0 Å². The lowest BCUT2D eigenvalue weighted by Gasteiger charge is -2.16. The summed E-state index contributed by atoms with van der Waals surface area (Å²) in [7, 11) is -3.22. The van der Waals surface area contributed by atoms with Gasteiger partial charge < -0.3 is 5.11 Å². The van der Waals surface area contributed by atoms with Crippen molar-refractivity contribution in [3.8, 4) is 5.75 Å². The molecule has 0 aliphatic carbocycles. The van der Waals surface area contributed by atoms with E-state index in [1.54, 1.807) is 12.1 Å². The maximum Gasteiger partial charge on any atom is 0.182 e. The number of benzene rings is 1. The van der Waals surface area contributed by atoms with Gasteiger partial charge in [-0.05, 0) is 24.5 Å². The Bertz CT molecular complexity index is 434. The average Bonchev–Trinajstić information content (AvgIpc) is 2.02. The van der Waals surface area contributed by atoms with Gasteiger partial charge in [0.1, 0.15) is 10.6 Å². The largest absolute Gasteiger partial charge is 0.507 e. The Hall–Kier alpha value is -1.03. The lowest BCUT2D eigenvalue weighted by Crippen LogP contribution is -2.15. The number of fused-ring (bicyclic) bond motifs is 1. The smallest absolute Gasteiger partial charge is 0.182 e. The molecular weight excluding hydrogens is 188 g/mol. The van der Waals surface area contributed by atoms with Crippen LogP contribution in [0.15, 0.2) is 23.1 Å². The fourth-order valence-electron chi connectivity index (χ4n) is 1.68. The van der Waals surface area contributed by atoms with Crippen LogP contribution in [0.5, 0.6) is 5.75 Å². The highest BCUT2D eigenvalue weighted by Crippen LogP contribution is 2.31. The molecule has 0 saturated heterocycles. The monoisotopic (exact) mass is 198 g/mol. The van der Waals surface area contributed by atoms with Crippen LogP contribution in [0.25, 0.3) is 0 Å². The quantitative estimate of drug-likeness (QED) is 0.679. The maximum absolute atomic E-state index is 11.5. The van der Waals surface area contributed by atoms with Crippen molar-refractivity contribution in [1.82, 2.24) is 0 Å². The van der Waals surface area contributed by atoms with Crippen LogP contribution in [-0.4, -0.2) is 19.3 Å². The number of rotatable bonds is 0. The van der Waals surface area contributed by atoms with Gasteiger partial charge in [0.25, 0.3) is 0 Å². The van der Waals surface area contributed by atoms with Crippen molar-refractivity contribution in [3.05, 3.63) is 23.8 Å². The van der Waals surface area contributed by atoms with E-state index in [1.165, 1.54) is 6.07 Å². The van der Waals surface area contributed by atoms with Gasteiger partial charge in [-0.1, -0.05) is 12.1 Å². The summed E-state index contributed by atoms with van der Waals surface area (Å²) in [6, 6.07) is 4.85. The molecule has 0 unspecified atom stereocenters. The summed E-state index contributed by atoms with van der Waals surface area (Å²) in [5.41, 5.74) is 0.742. The lowest BCUT2D eigenvalue weighted by molar-refractivity contribution is 0.455. The summed E-state index contributed by atoms with van der Waals surface area (Å²) in [6.45, 7) is 0. The zero-order chi connectivity index (χ0) is 9.47. The van der Waals surface area contributed by atoms with Crippen LogP contribution in [0.3, 0.4) is 0 Å². The highest BCUT2D eigenvalue weighted by molar-refractivity contribution is 7.91. The second-order valence-electron chi connectivity index (χ2n) is 3.19. The minimum absolute atomic E-state index is 0.114. The molecule has 1 heterocycles. The third-order valence-electron chi connectivity index (χ3n) is 2.25. The number of aryl methyl sites for hydroxylation is 1. The van der Waals surface area contributed by atoms with Crippen molar-refractivity contribution in [1.29, 1.82) is 0 Å². The number of phenols is 1. The molecule has 1 aromatic rings. The third-order valence-corrected chi connectivity index (χ3v) is 4.17. The van der Waals surface area contributed by atoms with E-state index in [1.807, 2.05) is 0 Å². The lowest BCUT2D eigenvalue weighted by atomic mass is 10.1. The van der Waals surface area contributed by atoms with E-state index < -0.39 is 9.84 Å². The summed E-state index contributed by atoms with van der Waals surface area (Å²) in [5.74, 6) is 0.0367. The molecule has 70 valence electrons. The molecular formula is C9H10O3S. The first kappa shape index (κ1) is 8.56. The van der Waals surface area contributed by atoms with Gasteiger partial charge in [0.2, 0.25) is 0 Å². The van der Waals surface area contributed by atoms with Crippen molar-refractivity contribution in [2.45, 2.75) is 17.7 Å². The fourth-order valence-corrected chi connectivity index (χ4v) is 3.37. The van der Waals surface area contributed by atoms with Crippen molar-refractivity contribution in [2.24, 2.45) is 0 Å². The van der Waals surface area contributed by atoms with E-state index in [0.29, 0.717) is 6.42 Å². The number of hydrogen-bond donors (Lipinski definition) is 1. The highest BCUT2D eigenvalue weighted by atomic mass is 32.2. The molecule has 0 spiro atoms. The predicted molar refractivity (Wildman–Crippen MR) is 48.5 cm³/mol. The Kier molecular flexibility index (Phi) is 1.80. The van der Waals surface area contributed by atoms with E-state index in [2.05, 4.69) is 0 Å². The van der Waals surface area contributed by atoms with Gasteiger partial charge in [0.05, 0.1) is 5.75 Å². The van der Waals surface area contributed by atoms with Gasteiger partial charge in [-0.25, -0.2) is 8.42 Å². The average molecular weight is 198 g/mol. The van der Waals surface area contributed by atoms with Crippen molar-refractivity contribution in [2.75, 3.05) is 5.75 Å². The number of aromatic hydroxyl groups is 1. The van der Waals surface area contributed by atoms with E-state index in [-0.39, 0.29) is 16.4 Å². The Morgan fingerprint density at radius 1 is 1.31 bits per heavy atom. The van der Waals surface area contributed by atoms with Crippen LogP contribution in [0.2, 0.25) is 0 Å². The van der Waals surface area contributed by atoms with Gasteiger partial charge in [-0.3, -0.25) is 0 Å². The Morgan fingerprint density at radius 2 is 2.08 bits per heavy atom. The van der Waals surface area contributed by atoms with Crippen LogP contribution in [0.4, 0.5) is 0 Å². The molecule has 4 heteroatoms. The molecule has 3 nitrogen and oxygen atoms in total. The second kappa shape index (κ2) is 2.73. The first-order chi connectivity index (χ1) is 6.11. The summed E-state index contributed by atoms with van der Waals surface area (Å²) >= 11 is 0. The number of hydrogen-bond acceptors (Lipinski definition) is 3. The molecule has 13 heavy (non-hydrogen) atoms. The third kappa shape index (κ3) is 1.31. The molecule has 1 N–H and O–H groups in total. The van der Waals surface area contributed by atoms with Gasteiger partial charge in [0, 0.05) is 0 Å². The molecule has 2 rings (SSSR count). The van der Waals surface area contributed by atoms with Gasteiger partial charge in [-0.2, -0.15) is 0 Å². The molecule has 0 fully saturated rings. The van der Waals surface area contributed by atoms with Crippen LogP contribution >= 0.6 is 0 Å². The first-order valence-corrected chi connectivity index (χ1v) is 5.80. The maximum atomic E-state index is 11.5. The highest BCUT2D eigenvalue weighted by Gasteiger charge is 2.26.